The van der Waals surface area contributed by atoms with Crippen LogP contribution in [0.25, 0.3) is 12.2 Å². The first-order valence-electron chi connectivity index (χ1n) is 14.3. The molecule has 0 aromatic heterocycles. The molecule has 4 aromatic carbocycles. The third kappa shape index (κ3) is 4.47. The molecule has 4 atom stereocenters. The van der Waals surface area contributed by atoms with E-state index >= 15 is 0 Å². The van der Waals surface area contributed by atoms with Crippen LogP contribution >= 0.6 is 0 Å². The molecule has 2 amide bonds. The molecule has 3 aliphatic rings. The van der Waals surface area contributed by atoms with E-state index in [4.69, 9.17) is 0 Å². The normalized spacial score (nSPS) is 22.3. The van der Waals surface area contributed by atoms with Crippen molar-refractivity contribution >= 4 is 41.5 Å². The fourth-order valence-electron chi connectivity index (χ4n) is 6.56. The topological polar surface area (TPSA) is 121 Å². The summed E-state index contributed by atoms with van der Waals surface area (Å²) in [5.41, 5.74) is 4.33. The molecule has 4 unspecified atom stereocenters. The molecule has 216 valence electrons. The zero-order valence-corrected chi connectivity index (χ0v) is 23.3. The van der Waals surface area contributed by atoms with Gasteiger partial charge in [0.2, 0.25) is 11.8 Å². The molecule has 44 heavy (non-hydrogen) atoms. The highest BCUT2D eigenvalue weighted by Crippen LogP contribution is 2.44. The minimum absolute atomic E-state index is 0.136. The van der Waals surface area contributed by atoms with Crippen molar-refractivity contribution in [2.75, 3.05) is 0 Å². The summed E-state index contributed by atoms with van der Waals surface area (Å²) in [6, 6.07) is 26.7. The van der Waals surface area contributed by atoms with Crippen LogP contribution in [0.3, 0.4) is 0 Å². The lowest BCUT2D eigenvalue weighted by atomic mass is 9.83. The van der Waals surface area contributed by atoms with Gasteiger partial charge in [0.25, 0.3) is 0 Å². The Hall–Kier alpha value is -5.47. The van der Waals surface area contributed by atoms with Crippen molar-refractivity contribution in [3.8, 4) is 0 Å². The number of carboxylic acid groups (broad SMARTS) is 1. The number of likely N-dealkylation sites (tertiary alicyclic amines) is 1. The predicted octanol–water partition coefficient (Wildman–Crippen LogP) is 4.53. The number of fused-ring (bicyclic) bond motifs is 3. The smallest absolute Gasteiger partial charge is 0.321 e. The molecule has 2 saturated heterocycles. The van der Waals surface area contributed by atoms with Crippen LogP contribution in [0.5, 0.6) is 0 Å². The number of hydrogen-bond acceptors (Lipinski definition) is 6. The van der Waals surface area contributed by atoms with Crippen molar-refractivity contribution in [2.45, 2.75) is 18.6 Å². The third-order valence-electron chi connectivity index (χ3n) is 8.73. The molecule has 2 N–H and O–H groups in total. The van der Waals surface area contributed by atoms with Crippen LogP contribution in [-0.4, -0.2) is 45.4 Å². The van der Waals surface area contributed by atoms with Crippen molar-refractivity contribution in [2.24, 2.45) is 11.8 Å². The third-order valence-corrected chi connectivity index (χ3v) is 8.73. The summed E-state index contributed by atoms with van der Waals surface area (Å²) >= 11 is 0. The van der Waals surface area contributed by atoms with E-state index in [1.165, 1.54) is 0 Å². The first kappa shape index (κ1) is 27.4. The van der Waals surface area contributed by atoms with Crippen LogP contribution in [0, 0.1) is 11.8 Å². The van der Waals surface area contributed by atoms with Gasteiger partial charge in [-0.05, 0) is 34.4 Å². The Morgan fingerprint density at radius 1 is 0.682 bits per heavy atom. The molecule has 2 fully saturated rings. The number of rotatable bonds is 6. The molecule has 4 aromatic rings. The van der Waals surface area contributed by atoms with E-state index in [1.54, 1.807) is 42.5 Å². The van der Waals surface area contributed by atoms with Crippen molar-refractivity contribution in [3.05, 3.63) is 142 Å². The van der Waals surface area contributed by atoms with Gasteiger partial charge in [0.1, 0.15) is 6.04 Å². The van der Waals surface area contributed by atoms with Crippen molar-refractivity contribution in [3.63, 3.8) is 0 Å². The van der Waals surface area contributed by atoms with Gasteiger partial charge in [0.05, 0.1) is 18.4 Å². The van der Waals surface area contributed by atoms with Gasteiger partial charge in [-0.25, -0.2) is 0 Å². The molecule has 2 aliphatic heterocycles. The number of carbonyl (C=O) groups excluding carboxylic acids is 4. The first-order chi connectivity index (χ1) is 21.3. The number of amides is 2. The maximum absolute atomic E-state index is 13.8. The summed E-state index contributed by atoms with van der Waals surface area (Å²) in [4.78, 5) is 66.9. The van der Waals surface area contributed by atoms with Gasteiger partial charge >= 0.3 is 5.97 Å². The summed E-state index contributed by atoms with van der Waals surface area (Å²) in [5, 5.41) is 13.0. The molecule has 0 radical (unpaired) electrons. The Morgan fingerprint density at radius 2 is 1.25 bits per heavy atom. The second kappa shape index (κ2) is 10.7. The van der Waals surface area contributed by atoms with Gasteiger partial charge in [-0.1, -0.05) is 97.1 Å². The van der Waals surface area contributed by atoms with Crippen molar-refractivity contribution in [1.82, 2.24) is 10.2 Å². The SMILES string of the molecule is O=C1c2ccccc2C(=O)c2cc(CN3C(=O)C4C(C(=O)O)NC(c5ccc(C=Cc6ccccc6)cc5)C4C3=O)ccc21. The zero-order valence-electron chi connectivity index (χ0n) is 23.3. The standard InChI is InChI=1S/C36H26N2O6/c39-32-24-8-4-5-9-25(24)33(40)27-18-22(14-17-26(27)32)19-38-34(41)28-29(35(38)42)31(36(43)44)37-30(28)23-15-12-21(13-16-23)11-10-20-6-2-1-3-7-20/h1-18,28-31,37H,19H2,(H,43,44). The Kier molecular flexibility index (Phi) is 6.63. The highest BCUT2D eigenvalue weighted by Gasteiger charge is 2.60. The largest absolute Gasteiger partial charge is 0.480 e. The number of carbonyl (C=O) groups is 5. The number of ketones is 2. The van der Waals surface area contributed by atoms with E-state index < -0.39 is 41.7 Å². The van der Waals surface area contributed by atoms with Crippen LogP contribution in [0.2, 0.25) is 0 Å². The summed E-state index contributed by atoms with van der Waals surface area (Å²) in [5.74, 6) is -4.79. The van der Waals surface area contributed by atoms with E-state index in [9.17, 15) is 29.1 Å². The lowest BCUT2D eigenvalue weighted by Crippen LogP contribution is -2.42. The van der Waals surface area contributed by atoms with E-state index in [2.05, 4.69) is 5.32 Å². The average molecular weight is 583 g/mol. The minimum Gasteiger partial charge on any atom is -0.480 e. The fraction of sp³-hybridized carbons (Fsp3) is 0.139. The minimum atomic E-state index is -1.23. The zero-order chi connectivity index (χ0) is 30.5. The first-order valence-corrected chi connectivity index (χ1v) is 14.3. The average Bonchev–Trinajstić information content (AvgIpc) is 3.56. The Morgan fingerprint density at radius 3 is 1.91 bits per heavy atom. The summed E-state index contributed by atoms with van der Waals surface area (Å²) in [7, 11) is 0. The van der Waals surface area contributed by atoms with Gasteiger partial charge in [-0.2, -0.15) is 0 Å². The van der Waals surface area contributed by atoms with Crippen LogP contribution in [0.15, 0.2) is 97.1 Å². The molecule has 1 aliphatic carbocycles. The summed E-state index contributed by atoms with van der Waals surface area (Å²) in [6.45, 7) is -0.136. The van der Waals surface area contributed by atoms with Gasteiger partial charge < -0.3 is 5.11 Å². The van der Waals surface area contributed by atoms with E-state index in [0.717, 1.165) is 16.0 Å². The van der Waals surface area contributed by atoms with Gasteiger partial charge in [-0.15, -0.1) is 0 Å². The van der Waals surface area contributed by atoms with Crippen LogP contribution in [0.1, 0.15) is 60.1 Å². The monoisotopic (exact) mass is 582 g/mol. The lowest BCUT2D eigenvalue weighted by molar-refractivity contribution is -0.146. The van der Waals surface area contributed by atoms with E-state index in [-0.39, 0.29) is 29.2 Å². The van der Waals surface area contributed by atoms with Crippen LogP contribution < -0.4 is 5.32 Å². The van der Waals surface area contributed by atoms with Crippen LogP contribution in [-0.2, 0) is 20.9 Å². The Labute approximate surface area is 252 Å². The highest BCUT2D eigenvalue weighted by molar-refractivity contribution is 6.28. The van der Waals surface area contributed by atoms with Crippen molar-refractivity contribution < 1.29 is 29.1 Å². The molecule has 0 saturated carbocycles. The van der Waals surface area contributed by atoms with Crippen molar-refractivity contribution in [1.29, 1.82) is 0 Å². The molecule has 8 nitrogen and oxygen atoms in total. The Bertz CT molecular complexity index is 1900. The van der Waals surface area contributed by atoms with Gasteiger partial charge in [0.15, 0.2) is 11.6 Å². The number of benzene rings is 4. The number of aliphatic carboxylic acids is 1. The molecule has 0 bridgehead atoms. The molecule has 0 spiro atoms. The quantitative estimate of drug-likeness (QED) is 0.223. The number of nitrogens with one attached hydrogen (secondary N) is 1. The highest BCUT2D eigenvalue weighted by atomic mass is 16.4. The van der Waals surface area contributed by atoms with Gasteiger partial charge in [-0.3, -0.25) is 34.2 Å². The molecule has 8 heteroatoms. The summed E-state index contributed by atoms with van der Waals surface area (Å²) < 4.78 is 0. The number of imide groups is 1. The lowest BCUT2D eigenvalue weighted by Gasteiger charge is -2.22. The second-order valence-corrected chi connectivity index (χ2v) is 11.3. The maximum atomic E-state index is 13.8. The number of carboxylic acids is 1. The van der Waals surface area contributed by atoms with E-state index in [1.807, 2.05) is 66.7 Å². The molecule has 2 heterocycles. The predicted molar refractivity (Wildman–Crippen MR) is 161 cm³/mol. The number of hydrogen-bond donors (Lipinski definition) is 2. The number of nitrogens with zero attached hydrogens (tertiary/aromatic N) is 1. The molecular formula is C36H26N2O6. The molecular weight excluding hydrogens is 556 g/mol. The van der Waals surface area contributed by atoms with E-state index in [0.29, 0.717) is 22.3 Å². The second-order valence-electron chi connectivity index (χ2n) is 11.3. The van der Waals surface area contributed by atoms with Gasteiger partial charge in [0, 0.05) is 28.3 Å². The molecule has 7 rings (SSSR count). The fourth-order valence-corrected chi connectivity index (χ4v) is 6.56. The Balaban J connectivity index is 1.15. The van der Waals surface area contributed by atoms with Crippen LogP contribution in [0.4, 0.5) is 0 Å². The maximum Gasteiger partial charge on any atom is 0.321 e. The summed E-state index contributed by atoms with van der Waals surface area (Å²) in [6.07, 6.45) is 3.95.